The lowest BCUT2D eigenvalue weighted by atomic mass is 10.0. The number of alkyl halides is 3. The van der Waals surface area contributed by atoms with Gasteiger partial charge in [0.1, 0.15) is 28.7 Å². The summed E-state index contributed by atoms with van der Waals surface area (Å²) in [7, 11) is 0. The Hall–Kier alpha value is -3.22. The Kier molecular flexibility index (Phi) is 6.43. The monoisotopic (exact) mass is 465 g/mol. The standard InChI is InChI=1S/C17H13ClF5N5O3/c18-12-8(19)2-1-7(13(12)20)14(28-15(29)10-4-26-16(30)27-10)9-3-25-11(5-24-9)31-6-17(21,22)23/h1-3,5,10,14H,4,6H2,(H,28,29)(H2,26,27,30)/t10-,14?/m0/s1. The number of rotatable bonds is 6. The molecule has 1 aromatic carbocycles. The van der Waals surface area contributed by atoms with Gasteiger partial charge in [0, 0.05) is 12.1 Å². The number of hydrogen-bond acceptors (Lipinski definition) is 5. The molecule has 2 aromatic rings. The van der Waals surface area contributed by atoms with Gasteiger partial charge in [-0.2, -0.15) is 13.2 Å². The molecule has 3 rings (SSSR count). The molecule has 0 aliphatic carbocycles. The SMILES string of the molecule is O=C1NC[C@@H](C(=O)NC(c2cnc(OCC(F)(F)F)cn2)c2ccc(F)c(Cl)c2F)N1. The molecule has 31 heavy (non-hydrogen) atoms. The third-order valence-electron chi connectivity index (χ3n) is 4.08. The number of halogens is 6. The molecule has 2 atom stereocenters. The predicted molar refractivity (Wildman–Crippen MR) is 95.3 cm³/mol. The average Bonchev–Trinajstić information content (AvgIpc) is 3.16. The first-order valence-corrected chi connectivity index (χ1v) is 8.92. The van der Waals surface area contributed by atoms with Gasteiger partial charge in [-0.1, -0.05) is 17.7 Å². The number of aromatic nitrogens is 2. The Morgan fingerprint density at radius 1 is 1.29 bits per heavy atom. The molecule has 1 saturated heterocycles. The second kappa shape index (κ2) is 8.88. The summed E-state index contributed by atoms with van der Waals surface area (Å²) < 4.78 is 69.4. The number of urea groups is 1. The number of carbonyl (C=O) groups excluding carboxylic acids is 2. The van der Waals surface area contributed by atoms with Crippen molar-refractivity contribution in [2.75, 3.05) is 13.2 Å². The zero-order valence-corrected chi connectivity index (χ0v) is 16.0. The van der Waals surface area contributed by atoms with Crippen LogP contribution in [0.3, 0.4) is 0 Å². The minimum Gasteiger partial charge on any atom is -0.467 e. The number of nitrogens with one attached hydrogen (secondary N) is 3. The fourth-order valence-electron chi connectivity index (χ4n) is 2.64. The van der Waals surface area contributed by atoms with E-state index in [-0.39, 0.29) is 17.8 Å². The maximum Gasteiger partial charge on any atom is 0.422 e. The van der Waals surface area contributed by atoms with Crippen LogP contribution in [0.4, 0.5) is 26.7 Å². The van der Waals surface area contributed by atoms with Crippen molar-refractivity contribution >= 4 is 23.5 Å². The van der Waals surface area contributed by atoms with Gasteiger partial charge in [-0.3, -0.25) is 9.78 Å². The largest absolute Gasteiger partial charge is 0.467 e. The van der Waals surface area contributed by atoms with Crippen LogP contribution in [0.5, 0.6) is 5.88 Å². The van der Waals surface area contributed by atoms with Crippen LogP contribution in [0.15, 0.2) is 24.5 Å². The Morgan fingerprint density at radius 2 is 2.03 bits per heavy atom. The highest BCUT2D eigenvalue weighted by Crippen LogP contribution is 2.29. The minimum absolute atomic E-state index is 0.0417. The zero-order valence-electron chi connectivity index (χ0n) is 15.3. The minimum atomic E-state index is -4.59. The maximum absolute atomic E-state index is 14.6. The highest BCUT2D eigenvalue weighted by Gasteiger charge is 2.32. The molecular formula is C17H13ClF5N5O3. The molecule has 8 nitrogen and oxygen atoms in total. The number of hydrogen-bond donors (Lipinski definition) is 3. The fraction of sp³-hybridized carbons (Fsp3) is 0.294. The van der Waals surface area contributed by atoms with E-state index < -0.39 is 59.3 Å². The van der Waals surface area contributed by atoms with E-state index in [4.69, 9.17) is 11.6 Å². The molecule has 3 amide bonds. The summed E-state index contributed by atoms with van der Waals surface area (Å²) in [5, 5.41) is 6.31. The van der Waals surface area contributed by atoms with E-state index in [2.05, 4.69) is 30.7 Å². The van der Waals surface area contributed by atoms with E-state index in [0.29, 0.717) is 0 Å². The van der Waals surface area contributed by atoms with Gasteiger partial charge in [0.2, 0.25) is 11.8 Å². The smallest absolute Gasteiger partial charge is 0.422 e. The Balaban J connectivity index is 1.89. The van der Waals surface area contributed by atoms with Crippen LogP contribution in [0.25, 0.3) is 0 Å². The van der Waals surface area contributed by atoms with E-state index in [9.17, 15) is 31.5 Å². The lowest BCUT2D eigenvalue weighted by molar-refractivity contribution is -0.154. The molecule has 1 fully saturated rings. The van der Waals surface area contributed by atoms with Crippen molar-refractivity contribution in [1.29, 1.82) is 0 Å². The van der Waals surface area contributed by atoms with Crippen LogP contribution >= 0.6 is 11.6 Å². The van der Waals surface area contributed by atoms with E-state index in [1.54, 1.807) is 0 Å². The summed E-state index contributed by atoms with van der Waals surface area (Å²) in [4.78, 5) is 31.3. The van der Waals surface area contributed by atoms with Gasteiger partial charge >= 0.3 is 12.2 Å². The average molecular weight is 466 g/mol. The highest BCUT2D eigenvalue weighted by molar-refractivity contribution is 6.31. The summed E-state index contributed by atoms with van der Waals surface area (Å²) in [6, 6.07) is -1.04. The molecule has 0 saturated carbocycles. The molecule has 0 bridgehead atoms. The zero-order chi connectivity index (χ0) is 22.8. The van der Waals surface area contributed by atoms with E-state index in [1.165, 1.54) is 0 Å². The number of ether oxygens (including phenoxy) is 1. The molecule has 1 aliphatic rings. The van der Waals surface area contributed by atoms with Crippen molar-refractivity contribution in [2.24, 2.45) is 0 Å². The summed E-state index contributed by atoms with van der Waals surface area (Å²) in [6.07, 6.45) is -2.79. The predicted octanol–water partition coefficient (Wildman–Crippen LogP) is 2.24. The van der Waals surface area contributed by atoms with E-state index >= 15 is 0 Å². The van der Waals surface area contributed by atoms with Gasteiger partial charge in [0.15, 0.2) is 6.61 Å². The lowest BCUT2D eigenvalue weighted by Gasteiger charge is -2.21. The van der Waals surface area contributed by atoms with Gasteiger partial charge < -0.3 is 20.7 Å². The molecular weight excluding hydrogens is 453 g/mol. The second-order valence-electron chi connectivity index (χ2n) is 6.30. The molecule has 0 spiro atoms. The molecule has 166 valence electrons. The van der Waals surface area contributed by atoms with Gasteiger partial charge in [0.05, 0.1) is 18.1 Å². The molecule has 3 N–H and O–H groups in total. The third-order valence-corrected chi connectivity index (χ3v) is 4.43. The topological polar surface area (TPSA) is 105 Å². The second-order valence-corrected chi connectivity index (χ2v) is 6.67. The molecule has 1 unspecified atom stereocenters. The first-order valence-electron chi connectivity index (χ1n) is 8.55. The number of nitrogens with zero attached hydrogens (tertiary/aromatic N) is 2. The van der Waals surface area contributed by atoms with Gasteiger partial charge in [-0.05, 0) is 6.07 Å². The Labute approximate surface area is 176 Å². The van der Waals surface area contributed by atoms with Crippen molar-refractivity contribution in [3.05, 3.63) is 52.4 Å². The molecule has 1 aliphatic heterocycles. The number of amides is 3. The fourth-order valence-corrected chi connectivity index (χ4v) is 2.81. The Morgan fingerprint density at radius 3 is 2.61 bits per heavy atom. The van der Waals surface area contributed by atoms with Crippen LogP contribution in [0.1, 0.15) is 17.3 Å². The normalized spacial score (nSPS) is 17.0. The quantitative estimate of drug-likeness (QED) is 0.448. The van der Waals surface area contributed by atoms with Crippen LogP contribution < -0.4 is 20.7 Å². The molecule has 14 heteroatoms. The first-order chi connectivity index (χ1) is 14.5. The Bertz CT molecular complexity index is 989. The van der Waals surface area contributed by atoms with Crippen LogP contribution in [-0.2, 0) is 4.79 Å². The van der Waals surface area contributed by atoms with Crippen molar-refractivity contribution in [2.45, 2.75) is 18.3 Å². The van der Waals surface area contributed by atoms with Crippen molar-refractivity contribution in [1.82, 2.24) is 25.9 Å². The van der Waals surface area contributed by atoms with E-state index in [0.717, 1.165) is 24.5 Å². The summed E-state index contributed by atoms with van der Waals surface area (Å²) >= 11 is 5.61. The third kappa shape index (κ3) is 5.48. The van der Waals surface area contributed by atoms with Crippen LogP contribution in [0, 0.1) is 11.6 Å². The summed E-state index contributed by atoms with van der Waals surface area (Å²) in [6.45, 7) is -1.64. The summed E-state index contributed by atoms with van der Waals surface area (Å²) in [5.41, 5.74) is -0.387. The maximum atomic E-state index is 14.6. The summed E-state index contributed by atoms with van der Waals surface area (Å²) in [5.74, 6) is -3.42. The van der Waals surface area contributed by atoms with Crippen molar-refractivity contribution in [3.63, 3.8) is 0 Å². The molecule has 2 heterocycles. The van der Waals surface area contributed by atoms with Crippen LogP contribution in [0.2, 0.25) is 5.02 Å². The van der Waals surface area contributed by atoms with E-state index in [1.807, 2.05) is 0 Å². The lowest BCUT2D eigenvalue weighted by Crippen LogP contribution is -2.44. The van der Waals surface area contributed by atoms with Gasteiger partial charge in [0.25, 0.3) is 0 Å². The van der Waals surface area contributed by atoms with Gasteiger partial charge in [-0.15, -0.1) is 0 Å². The number of carbonyl (C=O) groups is 2. The highest BCUT2D eigenvalue weighted by atomic mass is 35.5. The molecule has 1 aromatic heterocycles. The van der Waals surface area contributed by atoms with Crippen LogP contribution in [-0.4, -0.2) is 47.3 Å². The van der Waals surface area contributed by atoms with Crippen molar-refractivity contribution in [3.8, 4) is 5.88 Å². The first kappa shape index (κ1) is 22.5. The number of benzene rings is 1. The molecule has 0 radical (unpaired) electrons. The van der Waals surface area contributed by atoms with Crippen molar-refractivity contribution < 1.29 is 36.3 Å². The van der Waals surface area contributed by atoms with Gasteiger partial charge in [-0.25, -0.2) is 18.6 Å².